The average molecular weight is 745 g/mol. The summed E-state index contributed by atoms with van der Waals surface area (Å²) in [5.41, 5.74) is 5.37. The van der Waals surface area contributed by atoms with E-state index in [9.17, 15) is 19.4 Å². The minimum absolute atomic E-state index is 0.0813. The molecule has 0 aliphatic rings. The Morgan fingerprint density at radius 2 is 1.00 bits per heavy atom. The number of hydrogen-bond donors (Lipinski definition) is 4. The third-order valence-electron chi connectivity index (χ3n) is 9.86. The lowest BCUT2D eigenvalue weighted by molar-refractivity contribution is -0.123. The second-order valence-electron chi connectivity index (χ2n) is 14.9. The molecule has 0 aromatic carbocycles. The maximum absolute atomic E-state index is 12.7. The third kappa shape index (κ3) is 37.4. The molecule has 0 aromatic heterocycles. The summed E-state index contributed by atoms with van der Waals surface area (Å²) in [6.07, 6.45) is 42.5. The van der Waals surface area contributed by atoms with Crippen LogP contribution in [-0.2, 0) is 18.4 Å². The Morgan fingerprint density at radius 3 is 1.39 bits per heavy atom. The number of amides is 1. The van der Waals surface area contributed by atoms with Crippen molar-refractivity contribution < 1.29 is 28.4 Å². The fourth-order valence-electron chi connectivity index (χ4n) is 6.54. The van der Waals surface area contributed by atoms with Gasteiger partial charge in [0.2, 0.25) is 5.91 Å². The highest BCUT2D eigenvalue weighted by Gasteiger charge is 2.26. The fraction of sp³-hybridized carbons (Fsp3) is 0.929. The van der Waals surface area contributed by atoms with Gasteiger partial charge in [-0.3, -0.25) is 13.8 Å². The van der Waals surface area contributed by atoms with Gasteiger partial charge in [0.05, 0.1) is 25.4 Å². The van der Waals surface area contributed by atoms with Gasteiger partial charge in [0, 0.05) is 13.0 Å². The second kappa shape index (κ2) is 38.9. The molecule has 0 spiro atoms. The van der Waals surface area contributed by atoms with E-state index in [2.05, 4.69) is 19.2 Å². The highest BCUT2D eigenvalue weighted by molar-refractivity contribution is 7.47. The summed E-state index contributed by atoms with van der Waals surface area (Å²) in [6, 6.07) is -0.854. The molecule has 1 amide bonds. The molecule has 0 radical (unpaired) electrons. The fourth-order valence-corrected chi connectivity index (χ4v) is 7.30. The van der Waals surface area contributed by atoms with Crippen molar-refractivity contribution in [1.82, 2.24) is 5.32 Å². The molecule has 0 aromatic rings. The average Bonchev–Trinajstić information content (AvgIpc) is 3.12. The molecule has 0 fully saturated rings. The van der Waals surface area contributed by atoms with Crippen molar-refractivity contribution in [2.24, 2.45) is 5.73 Å². The Kier molecular flexibility index (Phi) is 38.4. The molecule has 0 rings (SSSR count). The molecular weight excluding hydrogens is 659 g/mol. The summed E-state index contributed by atoms with van der Waals surface area (Å²) in [7, 11) is -4.33. The molecule has 0 heterocycles. The van der Waals surface area contributed by atoms with Gasteiger partial charge in [0.15, 0.2) is 0 Å². The van der Waals surface area contributed by atoms with Crippen molar-refractivity contribution in [2.45, 2.75) is 231 Å². The largest absolute Gasteiger partial charge is 0.472 e. The van der Waals surface area contributed by atoms with Crippen LogP contribution in [0.2, 0.25) is 0 Å². The number of carbonyl (C=O) groups excluding carboxylic acids is 1. The molecule has 0 saturated carbocycles. The number of phosphoric acid groups is 1. The van der Waals surface area contributed by atoms with Gasteiger partial charge in [0.25, 0.3) is 0 Å². The molecular formula is C42H85N2O6P. The lowest BCUT2D eigenvalue weighted by Gasteiger charge is -2.23. The van der Waals surface area contributed by atoms with Crippen molar-refractivity contribution in [3.63, 3.8) is 0 Å². The van der Waals surface area contributed by atoms with Crippen molar-refractivity contribution in [1.29, 1.82) is 0 Å². The molecule has 5 N–H and O–H groups in total. The summed E-state index contributed by atoms with van der Waals surface area (Å²) in [6.45, 7) is 4.16. The summed E-state index contributed by atoms with van der Waals surface area (Å²) >= 11 is 0. The van der Waals surface area contributed by atoms with Crippen LogP contribution in [0.1, 0.15) is 219 Å². The molecule has 0 saturated heterocycles. The van der Waals surface area contributed by atoms with E-state index in [1.165, 1.54) is 161 Å². The molecule has 9 heteroatoms. The van der Waals surface area contributed by atoms with Gasteiger partial charge >= 0.3 is 7.82 Å². The van der Waals surface area contributed by atoms with Crippen LogP contribution in [0.15, 0.2) is 12.2 Å². The van der Waals surface area contributed by atoms with Gasteiger partial charge < -0.3 is 21.1 Å². The number of phosphoric ester groups is 1. The van der Waals surface area contributed by atoms with E-state index in [-0.39, 0.29) is 25.7 Å². The zero-order valence-corrected chi connectivity index (χ0v) is 34.5. The molecule has 0 bridgehead atoms. The van der Waals surface area contributed by atoms with E-state index < -0.39 is 20.0 Å². The zero-order valence-electron chi connectivity index (χ0n) is 33.6. The Bertz CT molecular complexity index is 814. The first kappa shape index (κ1) is 50.2. The lowest BCUT2D eigenvalue weighted by atomic mass is 10.0. The van der Waals surface area contributed by atoms with E-state index in [0.717, 1.165) is 38.5 Å². The van der Waals surface area contributed by atoms with Crippen LogP contribution >= 0.6 is 7.82 Å². The first-order chi connectivity index (χ1) is 24.9. The minimum atomic E-state index is -4.33. The van der Waals surface area contributed by atoms with Gasteiger partial charge in [0.1, 0.15) is 0 Å². The van der Waals surface area contributed by atoms with Gasteiger partial charge in [-0.05, 0) is 19.3 Å². The Balaban J connectivity index is 4.19. The van der Waals surface area contributed by atoms with Gasteiger partial charge in [-0.25, -0.2) is 4.57 Å². The summed E-state index contributed by atoms with van der Waals surface area (Å²) in [5.74, 6) is -0.191. The van der Waals surface area contributed by atoms with E-state index >= 15 is 0 Å². The third-order valence-corrected chi connectivity index (χ3v) is 10.8. The maximum Gasteiger partial charge on any atom is 0.472 e. The number of aliphatic hydroxyl groups is 1. The highest BCUT2D eigenvalue weighted by Crippen LogP contribution is 2.43. The van der Waals surface area contributed by atoms with Crippen LogP contribution in [-0.4, -0.2) is 47.8 Å². The van der Waals surface area contributed by atoms with Crippen molar-refractivity contribution >= 4 is 13.7 Å². The Labute approximate surface area is 315 Å². The summed E-state index contributed by atoms with van der Waals surface area (Å²) in [5, 5.41) is 13.7. The second-order valence-corrected chi connectivity index (χ2v) is 16.4. The molecule has 3 unspecified atom stereocenters. The number of carbonyl (C=O) groups is 1. The first-order valence-corrected chi connectivity index (χ1v) is 23.3. The maximum atomic E-state index is 12.7. The number of rotatable bonds is 41. The molecule has 3 atom stereocenters. The number of allylic oxidation sites excluding steroid dienone is 1. The van der Waals surface area contributed by atoms with Crippen LogP contribution < -0.4 is 11.1 Å². The number of nitrogens with two attached hydrogens (primary N) is 1. The Morgan fingerprint density at radius 1 is 0.627 bits per heavy atom. The number of unbranched alkanes of at least 4 members (excludes halogenated alkanes) is 29. The number of aliphatic hydroxyl groups excluding tert-OH is 1. The number of hydrogen-bond acceptors (Lipinski definition) is 6. The molecule has 304 valence electrons. The quantitative estimate of drug-likeness (QED) is 0.0278. The predicted octanol–water partition coefficient (Wildman–Crippen LogP) is 12.0. The van der Waals surface area contributed by atoms with Gasteiger partial charge in [-0.2, -0.15) is 0 Å². The molecule has 0 aliphatic carbocycles. The van der Waals surface area contributed by atoms with Crippen molar-refractivity contribution in [2.75, 3.05) is 19.8 Å². The predicted molar refractivity (Wildman–Crippen MR) is 217 cm³/mol. The van der Waals surface area contributed by atoms with Crippen molar-refractivity contribution in [3.8, 4) is 0 Å². The van der Waals surface area contributed by atoms with E-state index in [0.29, 0.717) is 6.42 Å². The molecule has 8 nitrogen and oxygen atoms in total. The van der Waals surface area contributed by atoms with Crippen molar-refractivity contribution in [3.05, 3.63) is 12.2 Å². The van der Waals surface area contributed by atoms with Crippen LogP contribution in [0.25, 0.3) is 0 Å². The minimum Gasteiger partial charge on any atom is -0.387 e. The summed E-state index contributed by atoms with van der Waals surface area (Å²) < 4.78 is 22.1. The van der Waals surface area contributed by atoms with E-state index in [1.54, 1.807) is 6.08 Å². The summed E-state index contributed by atoms with van der Waals surface area (Å²) in [4.78, 5) is 22.7. The lowest BCUT2D eigenvalue weighted by Crippen LogP contribution is -2.45. The van der Waals surface area contributed by atoms with Gasteiger partial charge in [-0.1, -0.05) is 206 Å². The smallest absolute Gasteiger partial charge is 0.387 e. The van der Waals surface area contributed by atoms with E-state index in [4.69, 9.17) is 14.8 Å². The SMILES string of the molecule is CCCCCCCCCCCCCCCC/C=C/C(O)C(COP(=O)(O)OCCN)NC(=O)CCCCCCCCCCCCCCCCCC. The Hall–Kier alpha value is -0.760. The normalized spacial score (nSPS) is 14.2. The van der Waals surface area contributed by atoms with Gasteiger partial charge in [-0.15, -0.1) is 0 Å². The van der Waals surface area contributed by atoms with E-state index in [1.807, 2.05) is 6.08 Å². The van der Waals surface area contributed by atoms with Crippen LogP contribution in [0.5, 0.6) is 0 Å². The van der Waals surface area contributed by atoms with Crippen LogP contribution in [0.3, 0.4) is 0 Å². The highest BCUT2D eigenvalue weighted by atomic mass is 31.2. The van der Waals surface area contributed by atoms with Crippen LogP contribution in [0.4, 0.5) is 0 Å². The topological polar surface area (TPSA) is 131 Å². The molecule has 0 aliphatic heterocycles. The zero-order chi connectivity index (χ0) is 37.5. The standard InChI is InChI=1S/C42H85N2O6P/c1-3-5-7-9-11-13-15-17-19-21-23-25-27-29-31-33-35-41(45)40(39-50-51(47,48)49-38-37-43)44-42(46)36-34-32-30-28-26-24-22-20-18-16-14-12-10-8-6-4-2/h33,35,40-41,45H,3-32,34,36-39,43H2,1-2H3,(H,44,46)(H,47,48)/b35-33+. The first-order valence-electron chi connectivity index (χ1n) is 21.8. The monoisotopic (exact) mass is 745 g/mol. The number of nitrogens with one attached hydrogen (secondary N) is 1. The van der Waals surface area contributed by atoms with Crippen LogP contribution in [0, 0.1) is 0 Å². The molecule has 51 heavy (non-hydrogen) atoms.